The van der Waals surface area contributed by atoms with E-state index in [0.29, 0.717) is 5.78 Å². The molecule has 17 heavy (non-hydrogen) atoms. The van der Waals surface area contributed by atoms with Crippen molar-refractivity contribution >= 4 is 17.1 Å². The van der Waals surface area contributed by atoms with Gasteiger partial charge in [0, 0.05) is 10.8 Å². The molecule has 1 nitrogen and oxygen atoms in total. The zero-order valence-corrected chi connectivity index (χ0v) is 10.6. The van der Waals surface area contributed by atoms with E-state index in [-0.39, 0.29) is 5.92 Å². The number of hydrogen-bond acceptors (Lipinski definition) is 2. The second-order valence-electron chi connectivity index (χ2n) is 4.65. The highest BCUT2D eigenvalue weighted by atomic mass is 32.1. The maximum Gasteiger partial charge on any atom is 0.176 e. The van der Waals surface area contributed by atoms with Gasteiger partial charge in [0.2, 0.25) is 0 Å². The van der Waals surface area contributed by atoms with Crippen molar-refractivity contribution in [1.29, 1.82) is 0 Å². The molecular weight excluding hydrogens is 228 g/mol. The van der Waals surface area contributed by atoms with E-state index in [2.05, 4.69) is 24.3 Å². The third kappa shape index (κ3) is 1.93. The highest BCUT2D eigenvalue weighted by Gasteiger charge is 2.28. The number of hydrogen-bond donors (Lipinski definition) is 0. The zero-order valence-electron chi connectivity index (χ0n) is 9.77. The molecule has 2 heteroatoms. The van der Waals surface area contributed by atoms with E-state index < -0.39 is 0 Å². The van der Waals surface area contributed by atoms with Gasteiger partial charge in [0.15, 0.2) is 5.78 Å². The average Bonchev–Trinajstić information content (AvgIpc) is 2.93. The Kier molecular flexibility index (Phi) is 2.60. The van der Waals surface area contributed by atoms with Gasteiger partial charge in [0.05, 0.1) is 4.88 Å². The molecule has 0 spiro atoms. The highest BCUT2D eigenvalue weighted by molar-refractivity contribution is 7.14. The largest absolute Gasteiger partial charge is 0.293 e. The minimum atomic E-state index is 0.158. The maximum absolute atomic E-state index is 12.3. The monoisotopic (exact) mass is 242 g/mol. The Labute approximate surface area is 105 Å². The minimum absolute atomic E-state index is 0.158. The Hall–Kier alpha value is -1.41. The van der Waals surface area contributed by atoms with Gasteiger partial charge in [0.25, 0.3) is 0 Å². The van der Waals surface area contributed by atoms with E-state index >= 15 is 0 Å². The molecule has 1 aliphatic rings. The van der Waals surface area contributed by atoms with Crippen LogP contribution in [0.1, 0.15) is 25.7 Å². The fourth-order valence-corrected chi connectivity index (χ4v) is 3.40. The lowest BCUT2D eigenvalue weighted by atomic mass is 10.00. The van der Waals surface area contributed by atoms with E-state index in [0.717, 1.165) is 17.7 Å². The molecule has 0 bridgehead atoms. The Balaban J connectivity index is 1.83. The van der Waals surface area contributed by atoms with Crippen LogP contribution >= 0.6 is 11.3 Å². The molecule has 0 atom stereocenters. The third-order valence-corrected chi connectivity index (χ3v) is 4.42. The first kappa shape index (κ1) is 10.7. The first-order valence-corrected chi connectivity index (χ1v) is 6.73. The Bertz CT molecular complexity index is 543. The highest BCUT2D eigenvalue weighted by Crippen LogP contribution is 2.30. The average molecular weight is 242 g/mol. The van der Waals surface area contributed by atoms with Crippen LogP contribution in [0.5, 0.6) is 0 Å². The lowest BCUT2D eigenvalue weighted by Gasteiger charge is -2.05. The maximum atomic E-state index is 12.3. The number of Topliss-reactive ketones (excluding diaryl/α,β-unsaturated/α-hetero) is 1. The SMILES string of the molecule is Cc1ccc(C(=O)C2Cc3ccccc3C2)s1. The van der Waals surface area contributed by atoms with Crippen LogP contribution in [0, 0.1) is 12.8 Å². The molecule has 1 aromatic carbocycles. The van der Waals surface area contributed by atoms with Crippen molar-refractivity contribution < 1.29 is 4.79 Å². The van der Waals surface area contributed by atoms with Crippen molar-refractivity contribution in [2.75, 3.05) is 0 Å². The molecule has 0 N–H and O–H groups in total. The van der Waals surface area contributed by atoms with Crippen molar-refractivity contribution in [2.24, 2.45) is 5.92 Å². The van der Waals surface area contributed by atoms with Gasteiger partial charge in [-0.25, -0.2) is 0 Å². The summed E-state index contributed by atoms with van der Waals surface area (Å²) in [5, 5.41) is 0. The summed E-state index contributed by atoms with van der Waals surface area (Å²) in [4.78, 5) is 14.5. The molecule has 0 unspecified atom stereocenters. The number of aryl methyl sites for hydroxylation is 1. The predicted octanol–water partition coefficient (Wildman–Crippen LogP) is 3.65. The van der Waals surface area contributed by atoms with Crippen molar-refractivity contribution in [3.05, 3.63) is 57.3 Å². The summed E-state index contributed by atoms with van der Waals surface area (Å²) in [5.74, 6) is 0.477. The summed E-state index contributed by atoms with van der Waals surface area (Å²) >= 11 is 1.61. The first-order chi connectivity index (χ1) is 8.24. The smallest absolute Gasteiger partial charge is 0.176 e. The molecule has 0 saturated carbocycles. The van der Waals surface area contributed by atoms with Crippen LogP contribution < -0.4 is 0 Å². The summed E-state index contributed by atoms with van der Waals surface area (Å²) in [6.07, 6.45) is 1.82. The fraction of sp³-hybridized carbons (Fsp3) is 0.267. The van der Waals surface area contributed by atoms with Crippen molar-refractivity contribution in [2.45, 2.75) is 19.8 Å². The number of ketones is 1. The molecule has 1 heterocycles. The number of carbonyl (C=O) groups is 1. The molecule has 0 aliphatic heterocycles. The van der Waals surface area contributed by atoms with E-state index in [1.165, 1.54) is 16.0 Å². The molecule has 0 fully saturated rings. The number of rotatable bonds is 2. The lowest BCUT2D eigenvalue weighted by Crippen LogP contribution is -2.13. The summed E-state index contributed by atoms with van der Waals surface area (Å²) in [5.41, 5.74) is 2.69. The topological polar surface area (TPSA) is 17.1 Å². The van der Waals surface area contributed by atoms with Crippen molar-refractivity contribution in [1.82, 2.24) is 0 Å². The number of benzene rings is 1. The molecule has 0 saturated heterocycles. The molecular formula is C15H14OS. The van der Waals surface area contributed by atoms with Crippen LogP contribution in [0.15, 0.2) is 36.4 Å². The van der Waals surface area contributed by atoms with Gasteiger partial charge < -0.3 is 0 Å². The van der Waals surface area contributed by atoms with E-state index in [1.807, 2.05) is 19.1 Å². The van der Waals surface area contributed by atoms with Gasteiger partial charge in [-0.2, -0.15) is 0 Å². The van der Waals surface area contributed by atoms with Gasteiger partial charge in [-0.05, 0) is 43.0 Å². The van der Waals surface area contributed by atoms with E-state index in [4.69, 9.17) is 0 Å². The molecule has 3 rings (SSSR count). The summed E-state index contributed by atoms with van der Waals surface area (Å²) in [6.45, 7) is 2.05. The Morgan fingerprint density at radius 3 is 2.29 bits per heavy atom. The van der Waals surface area contributed by atoms with Gasteiger partial charge in [-0.1, -0.05) is 24.3 Å². The van der Waals surface area contributed by atoms with Crippen LogP contribution in [0.4, 0.5) is 0 Å². The number of fused-ring (bicyclic) bond motifs is 1. The van der Waals surface area contributed by atoms with Gasteiger partial charge in [-0.15, -0.1) is 11.3 Å². The van der Waals surface area contributed by atoms with Crippen LogP contribution in [0.3, 0.4) is 0 Å². The quantitative estimate of drug-likeness (QED) is 0.735. The first-order valence-electron chi connectivity index (χ1n) is 5.91. The van der Waals surface area contributed by atoms with Crippen molar-refractivity contribution in [3.8, 4) is 0 Å². The molecule has 1 aromatic heterocycles. The van der Waals surface area contributed by atoms with E-state index in [1.54, 1.807) is 11.3 Å². The fourth-order valence-electron chi connectivity index (χ4n) is 2.51. The van der Waals surface area contributed by atoms with Crippen molar-refractivity contribution in [3.63, 3.8) is 0 Å². The third-order valence-electron chi connectivity index (χ3n) is 3.41. The number of carbonyl (C=O) groups excluding carboxylic acids is 1. The molecule has 0 amide bonds. The van der Waals surface area contributed by atoms with Gasteiger partial charge in [0.1, 0.15) is 0 Å². The summed E-state index contributed by atoms with van der Waals surface area (Å²) in [6, 6.07) is 12.4. The van der Waals surface area contributed by atoms with Gasteiger partial charge >= 0.3 is 0 Å². The lowest BCUT2D eigenvalue weighted by molar-refractivity contribution is 0.0929. The number of thiophene rings is 1. The minimum Gasteiger partial charge on any atom is -0.293 e. The Morgan fingerprint density at radius 1 is 1.12 bits per heavy atom. The standard InChI is InChI=1S/C15H14OS/c1-10-6-7-14(17-10)15(16)13-8-11-4-2-3-5-12(11)9-13/h2-7,13H,8-9H2,1H3. The van der Waals surface area contributed by atoms with Crippen LogP contribution in [-0.2, 0) is 12.8 Å². The van der Waals surface area contributed by atoms with Crippen LogP contribution in [0.25, 0.3) is 0 Å². The molecule has 0 radical (unpaired) electrons. The molecule has 1 aliphatic carbocycles. The normalized spacial score (nSPS) is 14.9. The second-order valence-corrected chi connectivity index (χ2v) is 5.94. The van der Waals surface area contributed by atoms with E-state index in [9.17, 15) is 4.79 Å². The second kappa shape index (κ2) is 4.11. The molecule has 2 aromatic rings. The van der Waals surface area contributed by atoms with Crippen LogP contribution in [-0.4, -0.2) is 5.78 Å². The molecule has 86 valence electrons. The summed E-state index contributed by atoms with van der Waals surface area (Å²) < 4.78 is 0. The van der Waals surface area contributed by atoms with Gasteiger partial charge in [-0.3, -0.25) is 4.79 Å². The Morgan fingerprint density at radius 2 is 1.76 bits per heavy atom. The predicted molar refractivity (Wildman–Crippen MR) is 70.7 cm³/mol. The van der Waals surface area contributed by atoms with Crippen LogP contribution in [0.2, 0.25) is 0 Å². The zero-order chi connectivity index (χ0) is 11.8. The summed E-state index contributed by atoms with van der Waals surface area (Å²) in [7, 11) is 0.